The van der Waals surface area contributed by atoms with Crippen LogP contribution in [0.25, 0.3) is 11.0 Å². The molecule has 1 aliphatic carbocycles. The first-order chi connectivity index (χ1) is 12.6. The van der Waals surface area contributed by atoms with E-state index in [4.69, 9.17) is 9.72 Å². The number of nitrogens with zero attached hydrogens (tertiary/aromatic N) is 2. The lowest BCUT2D eigenvalue weighted by molar-refractivity contribution is -0.141. The quantitative estimate of drug-likeness (QED) is 0.632. The summed E-state index contributed by atoms with van der Waals surface area (Å²) in [6.45, 7) is 5.80. The van der Waals surface area contributed by atoms with Gasteiger partial charge in [-0.2, -0.15) is 0 Å². The van der Waals surface area contributed by atoms with E-state index in [9.17, 15) is 9.59 Å². The molecule has 6 heteroatoms. The van der Waals surface area contributed by atoms with Crippen molar-refractivity contribution in [2.24, 2.45) is 0 Å². The van der Waals surface area contributed by atoms with Gasteiger partial charge in [0.2, 0.25) is 5.91 Å². The van der Waals surface area contributed by atoms with E-state index in [1.807, 2.05) is 18.2 Å². The number of nitrogens with one attached hydrogen (secondary N) is 1. The van der Waals surface area contributed by atoms with Crippen molar-refractivity contribution < 1.29 is 14.3 Å². The van der Waals surface area contributed by atoms with E-state index in [0.29, 0.717) is 24.8 Å². The number of amides is 1. The summed E-state index contributed by atoms with van der Waals surface area (Å²) >= 11 is 0. The number of ether oxygens (including phenoxy) is 1. The molecule has 1 amide bonds. The lowest BCUT2D eigenvalue weighted by atomic mass is 9.88. The molecule has 0 unspecified atom stereocenters. The monoisotopic (exact) mass is 355 g/mol. The average molecular weight is 355 g/mol. The molecule has 0 aliphatic heterocycles. The van der Waals surface area contributed by atoms with Gasteiger partial charge in [0.25, 0.3) is 0 Å². The Hall–Kier alpha value is -2.63. The summed E-state index contributed by atoms with van der Waals surface area (Å²) in [5.74, 6) is 0.966. The van der Waals surface area contributed by atoms with Crippen molar-refractivity contribution in [2.75, 3.05) is 11.9 Å². The van der Waals surface area contributed by atoms with Crippen LogP contribution in [0.2, 0.25) is 0 Å². The van der Waals surface area contributed by atoms with Crippen LogP contribution in [0.3, 0.4) is 0 Å². The predicted octanol–water partition coefficient (Wildman–Crippen LogP) is 3.77. The van der Waals surface area contributed by atoms with Crippen LogP contribution in [-0.2, 0) is 20.9 Å². The van der Waals surface area contributed by atoms with Crippen LogP contribution in [0.4, 0.5) is 5.69 Å². The minimum absolute atomic E-state index is 0.244. The van der Waals surface area contributed by atoms with Crippen molar-refractivity contribution in [1.29, 1.82) is 0 Å². The maximum Gasteiger partial charge on any atom is 0.302 e. The maximum atomic E-state index is 11.5. The van der Waals surface area contributed by atoms with Crippen LogP contribution in [0, 0.1) is 0 Å². The number of aromatic nitrogens is 2. The Labute approximate surface area is 153 Å². The number of hydrogen-bond donors (Lipinski definition) is 1. The normalized spacial score (nSPS) is 15.0. The third-order valence-corrected chi connectivity index (χ3v) is 4.82. The lowest BCUT2D eigenvalue weighted by Crippen LogP contribution is -2.15. The maximum absolute atomic E-state index is 11.5. The van der Waals surface area contributed by atoms with Gasteiger partial charge in [-0.1, -0.05) is 25.8 Å². The number of hydrogen-bond acceptors (Lipinski definition) is 4. The molecule has 6 nitrogen and oxygen atoms in total. The molecule has 138 valence electrons. The molecule has 0 saturated heterocycles. The first kappa shape index (κ1) is 18.2. The Balaban J connectivity index is 1.94. The smallest absolute Gasteiger partial charge is 0.302 e. The summed E-state index contributed by atoms with van der Waals surface area (Å²) < 4.78 is 7.30. The van der Waals surface area contributed by atoms with Crippen molar-refractivity contribution >= 4 is 28.6 Å². The van der Waals surface area contributed by atoms with Crippen molar-refractivity contribution in [3.05, 3.63) is 36.7 Å². The molecule has 2 aromatic rings. The van der Waals surface area contributed by atoms with E-state index in [-0.39, 0.29) is 11.9 Å². The van der Waals surface area contributed by atoms with E-state index in [0.717, 1.165) is 29.7 Å². The molecule has 0 radical (unpaired) electrons. The SMILES string of the molecule is C=CC(=O)Nc1ccc2c(c1)nc(C1CCCCC1)n2CCOC(C)=O. The van der Waals surface area contributed by atoms with Gasteiger partial charge < -0.3 is 14.6 Å². The van der Waals surface area contributed by atoms with Gasteiger partial charge in [0, 0.05) is 18.5 Å². The first-order valence-corrected chi connectivity index (χ1v) is 9.15. The van der Waals surface area contributed by atoms with Crippen LogP contribution in [0.5, 0.6) is 0 Å². The highest BCUT2D eigenvalue weighted by Gasteiger charge is 2.22. The molecule has 1 fully saturated rings. The Morgan fingerprint density at radius 2 is 2.12 bits per heavy atom. The minimum atomic E-state index is -0.275. The zero-order chi connectivity index (χ0) is 18.5. The number of rotatable bonds is 6. The summed E-state index contributed by atoms with van der Waals surface area (Å²) in [5, 5.41) is 2.77. The second kappa shape index (κ2) is 8.17. The van der Waals surface area contributed by atoms with E-state index >= 15 is 0 Å². The molecule has 3 rings (SSSR count). The van der Waals surface area contributed by atoms with Crippen LogP contribution in [-0.4, -0.2) is 28.0 Å². The summed E-state index contributed by atoms with van der Waals surface area (Å²) in [6, 6.07) is 5.70. The molecule has 1 heterocycles. The number of anilines is 1. The van der Waals surface area contributed by atoms with E-state index in [1.165, 1.54) is 32.3 Å². The molecular weight excluding hydrogens is 330 g/mol. The van der Waals surface area contributed by atoms with Gasteiger partial charge in [0.15, 0.2) is 0 Å². The standard InChI is InChI=1S/C20H25N3O3/c1-3-19(25)21-16-9-10-18-17(13-16)22-20(15-7-5-4-6-8-15)23(18)11-12-26-14(2)24/h3,9-10,13,15H,1,4-8,11-12H2,2H3,(H,21,25). The molecule has 1 N–H and O–H groups in total. The van der Waals surface area contributed by atoms with Gasteiger partial charge in [0.05, 0.1) is 17.6 Å². The highest BCUT2D eigenvalue weighted by molar-refractivity contribution is 6.00. The molecule has 0 bridgehead atoms. The minimum Gasteiger partial charge on any atom is -0.464 e. The van der Waals surface area contributed by atoms with Gasteiger partial charge >= 0.3 is 5.97 Å². The number of fused-ring (bicyclic) bond motifs is 1. The third kappa shape index (κ3) is 4.12. The largest absolute Gasteiger partial charge is 0.464 e. The Bertz CT molecular complexity index is 819. The van der Waals surface area contributed by atoms with Gasteiger partial charge in [-0.15, -0.1) is 0 Å². The highest BCUT2D eigenvalue weighted by Crippen LogP contribution is 2.34. The Morgan fingerprint density at radius 1 is 1.35 bits per heavy atom. The second-order valence-corrected chi connectivity index (χ2v) is 6.69. The number of esters is 1. The zero-order valence-corrected chi connectivity index (χ0v) is 15.2. The van der Waals surface area contributed by atoms with Gasteiger partial charge in [-0.3, -0.25) is 9.59 Å². The van der Waals surface area contributed by atoms with Crippen molar-refractivity contribution in [3.8, 4) is 0 Å². The van der Waals surface area contributed by atoms with Gasteiger partial charge in [-0.05, 0) is 37.1 Å². The molecular formula is C20H25N3O3. The number of imidazole rings is 1. The lowest BCUT2D eigenvalue weighted by Gasteiger charge is -2.22. The summed E-state index contributed by atoms with van der Waals surface area (Å²) in [6.07, 6.45) is 7.24. The second-order valence-electron chi connectivity index (χ2n) is 6.69. The van der Waals surface area contributed by atoms with Crippen molar-refractivity contribution in [1.82, 2.24) is 9.55 Å². The summed E-state index contributed by atoms with van der Waals surface area (Å²) in [4.78, 5) is 27.5. The van der Waals surface area contributed by atoms with E-state index < -0.39 is 0 Å². The van der Waals surface area contributed by atoms with Crippen LogP contribution in [0.1, 0.15) is 50.8 Å². The number of benzene rings is 1. The molecule has 26 heavy (non-hydrogen) atoms. The molecule has 1 aromatic heterocycles. The highest BCUT2D eigenvalue weighted by atomic mass is 16.5. The topological polar surface area (TPSA) is 73.2 Å². The Kier molecular flexibility index (Phi) is 5.71. The molecule has 1 aliphatic rings. The van der Waals surface area contributed by atoms with Crippen molar-refractivity contribution in [2.45, 2.75) is 51.5 Å². The zero-order valence-electron chi connectivity index (χ0n) is 15.2. The molecule has 0 atom stereocenters. The predicted molar refractivity (Wildman–Crippen MR) is 101 cm³/mol. The van der Waals surface area contributed by atoms with Crippen LogP contribution < -0.4 is 5.32 Å². The third-order valence-electron chi connectivity index (χ3n) is 4.82. The Morgan fingerprint density at radius 3 is 2.81 bits per heavy atom. The number of carbonyl (C=O) groups is 2. The fourth-order valence-corrected chi connectivity index (χ4v) is 3.61. The summed E-state index contributed by atoms with van der Waals surface area (Å²) in [7, 11) is 0. The van der Waals surface area contributed by atoms with Crippen LogP contribution >= 0.6 is 0 Å². The average Bonchev–Trinajstić information content (AvgIpc) is 3.00. The van der Waals surface area contributed by atoms with E-state index in [2.05, 4.69) is 16.5 Å². The first-order valence-electron chi connectivity index (χ1n) is 9.15. The number of carbonyl (C=O) groups excluding carboxylic acids is 2. The van der Waals surface area contributed by atoms with Gasteiger partial charge in [0.1, 0.15) is 12.4 Å². The van der Waals surface area contributed by atoms with Gasteiger partial charge in [-0.25, -0.2) is 4.98 Å². The van der Waals surface area contributed by atoms with Crippen molar-refractivity contribution in [3.63, 3.8) is 0 Å². The van der Waals surface area contributed by atoms with Crippen LogP contribution in [0.15, 0.2) is 30.9 Å². The fraction of sp³-hybridized carbons (Fsp3) is 0.450. The molecule has 1 aromatic carbocycles. The van der Waals surface area contributed by atoms with E-state index in [1.54, 1.807) is 0 Å². The molecule has 0 spiro atoms. The fourth-order valence-electron chi connectivity index (χ4n) is 3.61. The summed E-state index contributed by atoms with van der Waals surface area (Å²) in [5.41, 5.74) is 2.53. The molecule has 1 saturated carbocycles.